The molecule has 0 atom stereocenters. The standard InChI is InChI=1S/C18H17F3O2/c1-12(2)14-8-9-16(15(10-14)17(22)18(19,20)21)23-11-13-6-4-3-5-7-13/h3-10,12H,11H2,1-2H3. The third-order valence-electron chi connectivity index (χ3n) is 3.41. The van der Waals surface area contributed by atoms with Crippen molar-refractivity contribution < 1.29 is 22.7 Å². The van der Waals surface area contributed by atoms with Crippen molar-refractivity contribution in [2.24, 2.45) is 0 Å². The fraction of sp³-hybridized carbons (Fsp3) is 0.278. The Balaban J connectivity index is 2.32. The van der Waals surface area contributed by atoms with Gasteiger partial charge in [0.05, 0.1) is 5.56 Å². The molecule has 0 bridgehead atoms. The summed E-state index contributed by atoms with van der Waals surface area (Å²) in [7, 11) is 0. The average Bonchev–Trinajstić information content (AvgIpc) is 2.52. The highest BCUT2D eigenvalue weighted by Gasteiger charge is 2.41. The van der Waals surface area contributed by atoms with E-state index in [1.54, 1.807) is 18.2 Å². The molecule has 0 saturated carbocycles. The Bertz CT molecular complexity index is 676. The molecular formula is C18H17F3O2. The second kappa shape index (κ2) is 6.86. The predicted octanol–water partition coefficient (Wildman–Crippen LogP) is 5.13. The van der Waals surface area contributed by atoms with Gasteiger partial charge >= 0.3 is 6.18 Å². The first kappa shape index (κ1) is 17.1. The van der Waals surface area contributed by atoms with Gasteiger partial charge in [-0.15, -0.1) is 0 Å². The van der Waals surface area contributed by atoms with Gasteiger partial charge < -0.3 is 4.74 Å². The van der Waals surface area contributed by atoms with Gasteiger partial charge in [0.2, 0.25) is 0 Å². The SMILES string of the molecule is CC(C)c1ccc(OCc2ccccc2)c(C(=O)C(F)(F)F)c1. The molecule has 0 saturated heterocycles. The fourth-order valence-corrected chi connectivity index (χ4v) is 2.10. The smallest absolute Gasteiger partial charge is 0.455 e. The van der Waals surface area contributed by atoms with Gasteiger partial charge in [0.1, 0.15) is 12.4 Å². The van der Waals surface area contributed by atoms with E-state index in [2.05, 4.69) is 0 Å². The van der Waals surface area contributed by atoms with E-state index in [0.717, 1.165) is 5.56 Å². The van der Waals surface area contributed by atoms with E-state index in [0.29, 0.717) is 5.56 Å². The Morgan fingerprint density at radius 3 is 2.30 bits per heavy atom. The number of hydrogen-bond donors (Lipinski definition) is 0. The van der Waals surface area contributed by atoms with Crippen molar-refractivity contribution in [2.75, 3.05) is 0 Å². The van der Waals surface area contributed by atoms with Crippen molar-refractivity contribution in [1.29, 1.82) is 0 Å². The maximum absolute atomic E-state index is 12.8. The topological polar surface area (TPSA) is 26.3 Å². The minimum Gasteiger partial charge on any atom is -0.488 e. The maximum atomic E-state index is 12.8. The predicted molar refractivity (Wildman–Crippen MR) is 81.7 cm³/mol. The van der Waals surface area contributed by atoms with E-state index >= 15 is 0 Å². The molecule has 2 aromatic carbocycles. The van der Waals surface area contributed by atoms with Crippen LogP contribution < -0.4 is 4.74 Å². The molecule has 0 radical (unpaired) electrons. The maximum Gasteiger partial charge on any atom is 0.455 e. The third kappa shape index (κ3) is 4.34. The quantitative estimate of drug-likeness (QED) is 0.713. The molecule has 0 aliphatic heterocycles. The Kier molecular flexibility index (Phi) is 5.08. The number of hydrogen-bond acceptors (Lipinski definition) is 2. The van der Waals surface area contributed by atoms with E-state index in [9.17, 15) is 18.0 Å². The zero-order chi connectivity index (χ0) is 17.0. The van der Waals surface area contributed by atoms with Crippen LogP contribution in [0.4, 0.5) is 13.2 Å². The summed E-state index contributed by atoms with van der Waals surface area (Å²) in [5, 5.41) is 0. The molecule has 2 aromatic rings. The van der Waals surface area contributed by atoms with Crippen LogP contribution in [0.5, 0.6) is 5.75 Å². The molecule has 0 fully saturated rings. The fourth-order valence-electron chi connectivity index (χ4n) is 2.10. The van der Waals surface area contributed by atoms with Crippen molar-refractivity contribution >= 4 is 5.78 Å². The Labute approximate surface area is 132 Å². The molecule has 122 valence electrons. The first-order chi connectivity index (χ1) is 10.8. The molecular weight excluding hydrogens is 305 g/mol. The summed E-state index contributed by atoms with van der Waals surface area (Å²) in [5.74, 6) is -1.93. The van der Waals surface area contributed by atoms with E-state index in [1.165, 1.54) is 12.1 Å². The molecule has 2 rings (SSSR count). The van der Waals surface area contributed by atoms with Gasteiger partial charge in [-0.2, -0.15) is 13.2 Å². The highest BCUT2D eigenvalue weighted by atomic mass is 19.4. The number of carbonyl (C=O) groups is 1. The van der Waals surface area contributed by atoms with Gasteiger partial charge in [-0.05, 0) is 29.2 Å². The monoisotopic (exact) mass is 322 g/mol. The van der Waals surface area contributed by atoms with Crippen LogP contribution in [-0.2, 0) is 6.61 Å². The van der Waals surface area contributed by atoms with Crippen LogP contribution >= 0.6 is 0 Å². The summed E-state index contributed by atoms with van der Waals surface area (Å²) >= 11 is 0. The summed E-state index contributed by atoms with van der Waals surface area (Å²) in [6.07, 6.45) is -4.93. The van der Waals surface area contributed by atoms with Crippen molar-refractivity contribution in [1.82, 2.24) is 0 Å². The number of alkyl halides is 3. The van der Waals surface area contributed by atoms with Gasteiger partial charge in [-0.3, -0.25) is 4.79 Å². The Morgan fingerprint density at radius 2 is 1.74 bits per heavy atom. The molecule has 0 spiro atoms. The molecule has 0 unspecified atom stereocenters. The Hall–Kier alpha value is -2.30. The molecule has 0 aliphatic rings. The van der Waals surface area contributed by atoms with Crippen LogP contribution in [-0.4, -0.2) is 12.0 Å². The molecule has 2 nitrogen and oxygen atoms in total. The van der Waals surface area contributed by atoms with Crippen molar-refractivity contribution in [3.05, 3.63) is 65.2 Å². The Morgan fingerprint density at radius 1 is 1.09 bits per heavy atom. The van der Waals surface area contributed by atoms with Gasteiger partial charge in [-0.25, -0.2) is 0 Å². The number of ether oxygens (including phenoxy) is 1. The molecule has 0 N–H and O–H groups in total. The molecule has 0 aliphatic carbocycles. The minimum absolute atomic E-state index is 0.0120. The molecule has 0 heterocycles. The summed E-state index contributed by atoms with van der Waals surface area (Å²) in [6.45, 7) is 3.79. The number of halogens is 3. The summed E-state index contributed by atoms with van der Waals surface area (Å²) in [4.78, 5) is 11.7. The van der Waals surface area contributed by atoms with E-state index in [4.69, 9.17) is 4.74 Å². The van der Waals surface area contributed by atoms with Crippen LogP contribution in [0.15, 0.2) is 48.5 Å². The van der Waals surface area contributed by atoms with E-state index < -0.39 is 17.5 Å². The second-order valence-electron chi connectivity index (χ2n) is 5.51. The molecule has 5 heteroatoms. The van der Waals surface area contributed by atoms with Crippen molar-refractivity contribution in [2.45, 2.75) is 32.5 Å². The van der Waals surface area contributed by atoms with Crippen LogP contribution in [0.3, 0.4) is 0 Å². The highest BCUT2D eigenvalue weighted by Crippen LogP contribution is 2.31. The number of rotatable bonds is 5. The molecule has 23 heavy (non-hydrogen) atoms. The normalized spacial score (nSPS) is 11.6. The van der Waals surface area contributed by atoms with Gasteiger partial charge in [0, 0.05) is 0 Å². The van der Waals surface area contributed by atoms with E-state index in [1.807, 2.05) is 32.0 Å². The summed E-state index contributed by atoms with van der Waals surface area (Å²) in [6, 6.07) is 13.4. The first-order valence-electron chi connectivity index (χ1n) is 7.21. The van der Waals surface area contributed by atoms with Crippen molar-refractivity contribution in [3.63, 3.8) is 0 Å². The van der Waals surface area contributed by atoms with Crippen LogP contribution in [0, 0.1) is 0 Å². The lowest BCUT2D eigenvalue weighted by molar-refractivity contribution is -0.0886. The van der Waals surface area contributed by atoms with Crippen LogP contribution in [0.1, 0.15) is 41.3 Å². The second-order valence-corrected chi connectivity index (χ2v) is 5.51. The number of carbonyl (C=O) groups excluding carboxylic acids is 1. The lowest BCUT2D eigenvalue weighted by Gasteiger charge is -2.15. The number of Topliss-reactive ketones (excluding diaryl/α,β-unsaturated/α-hetero) is 1. The molecule has 0 amide bonds. The minimum atomic E-state index is -4.93. The molecule has 0 aromatic heterocycles. The lowest BCUT2D eigenvalue weighted by Crippen LogP contribution is -2.23. The summed E-state index contributed by atoms with van der Waals surface area (Å²) in [5.41, 5.74) is 1.02. The zero-order valence-electron chi connectivity index (χ0n) is 12.9. The number of benzene rings is 2. The van der Waals surface area contributed by atoms with Gasteiger partial charge in [-0.1, -0.05) is 50.2 Å². The highest BCUT2D eigenvalue weighted by molar-refractivity contribution is 6.02. The zero-order valence-corrected chi connectivity index (χ0v) is 12.9. The lowest BCUT2D eigenvalue weighted by atomic mass is 9.98. The third-order valence-corrected chi connectivity index (χ3v) is 3.41. The average molecular weight is 322 g/mol. The van der Waals surface area contributed by atoms with Gasteiger partial charge in [0.15, 0.2) is 0 Å². The number of ketones is 1. The van der Waals surface area contributed by atoms with Crippen LogP contribution in [0.25, 0.3) is 0 Å². The van der Waals surface area contributed by atoms with Crippen molar-refractivity contribution in [3.8, 4) is 5.75 Å². The summed E-state index contributed by atoms with van der Waals surface area (Å²) < 4.78 is 43.9. The van der Waals surface area contributed by atoms with Gasteiger partial charge in [0.25, 0.3) is 5.78 Å². The largest absolute Gasteiger partial charge is 0.488 e. The first-order valence-corrected chi connectivity index (χ1v) is 7.21. The van der Waals surface area contributed by atoms with Crippen LogP contribution in [0.2, 0.25) is 0 Å². The van der Waals surface area contributed by atoms with E-state index in [-0.39, 0.29) is 18.3 Å².